The normalized spacial score (nSPS) is 15.5. The van der Waals surface area contributed by atoms with Gasteiger partial charge in [0.25, 0.3) is 6.43 Å². The van der Waals surface area contributed by atoms with Crippen LogP contribution in [0.5, 0.6) is 0 Å². The van der Waals surface area contributed by atoms with Gasteiger partial charge in [-0.05, 0) is 64.3 Å². The molecular weight excluding hydrogens is 630 g/mol. The smallest absolute Gasteiger partial charge is 0.295 e. The molecule has 0 aliphatic carbocycles. The standard InChI is InChI=1S/C31H36F2N10O3S/c1-17-18(2)35-22(16-34-17)14-21-15-24(27-30(37-21)43(31(39-27)28(32)33)26-9-7-8-12-46-26)38-23-11-10-20(29-36-19(3)40-41(29)4)13-25(23)42(5)47(6,44)45/h10-11,13,15-16,26,28H,7-9,12,14H2,1-6H3,(H,37,38). The molecule has 0 spiro atoms. The minimum atomic E-state index is -3.71. The molecule has 0 radical (unpaired) electrons. The minimum Gasteiger partial charge on any atom is -0.358 e. The Hall–Kier alpha value is -4.57. The van der Waals surface area contributed by atoms with Crippen LogP contribution in [0.3, 0.4) is 0 Å². The summed E-state index contributed by atoms with van der Waals surface area (Å²) in [6, 6.07) is 6.91. The molecule has 248 valence electrons. The summed E-state index contributed by atoms with van der Waals surface area (Å²) in [4.78, 5) is 22.8. The quantitative estimate of drug-likeness (QED) is 0.220. The van der Waals surface area contributed by atoms with Crippen molar-refractivity contribution in [1.82, 2.24) is 39.3 Å². The molecule has 5 aromatic rings. The van der Waals surface area contributed by atoms with E-state index in [0.29, 0.717) is 58.7 Å². The van der Waals surface area contributed by atoms with E-state index in [1.54, 1.807) is 49.1 Å². The van der Waals surface area contributed by atoms with Gasteiger partial charge >= 0.3 is 0 Å². The number of aryl methyl sites for hydroxylation is 4. The van der Waals surface area contributed by atoms with Crippen molar-refractivity contribution >= 4 is 38.2 Å². The monoisotopic (exact) mass is 666 g/mol. The Bertz CT molecular complexity index is 2070. The van der Waals surface area contributed by atoms with Gasteiger partial charge in [0.2, 0.25) is 10.0 Å². The van der Waals surface area contributed by atoms with E-state index < -0.39 is 28.5 Å². The second-order valence-electron chi connectivity index (χ2n) is 11.7. The van der Waals surface area contributed by atoms with Crippen molar-refractivity contribution in [3.63, 3.8) is 0 Å². The van der Waals surface area contributed by atoms with Gasteiger partial charge in [-0.3, -0.25) is 18.8 Å². The fourth-order valence-corrected chi connectivity index (χ4v) is 6.18. The molecule has 1 unspecified atom stereocenters. The zero-order valence-electron chi connectivity index (χ0n) is 27.0. The highest BCUT2D eigenvalue weighted by Gasteiger charge is 2.29. The summed E-state index contributed by atoms with van der Waals surface area (Å²) >= 11 is 0. The summed E-state index contributed by atoms with van der Waals surface area (Å²) in [5.74, 6) is 0.662. The number of pyridine rings is 1. The number of imidazole rings is 1. The lowest BCUT2D eigenvalue weighted by Gasteiger charge is -2.25. The second kappa shape index (κ2) is 12.6. The number of anilines is 3. The highest BCUT2D eigenvalue weighted by molar-refractivity contribution is 7.92. The molecule has 13 nitrogen and oxygen atoms in total. The SMILES string of the molecule is Cc1nc(-c2ccc(Nc3cc(Cc4cnc(C)c(C)n4)nc4c3nc(C(F)F)n4C3CCCCO3)c(N(C)S(C)(=O)=O)c2)n(C)n1. The van der Waals surface area contributed by atoms with Crippen LogP contribution < -0.4 is 9.62 Å². The van der Waals surface area contributed by atoms with Crippen LogP contribution in [0.2, 0.25) is 0 Å². The number of aromatic nitrogens is 8. The van der Waals surface area contributed by atoms with Crippen LogP contribution in [-0.4, -0.2) is 67.6 Å². The summed E-state index contributed by atoms with van der Waals surface area (Å²) < 4.78 is 64.8. The third-order valence-corrected chi connectivity index (χ3v) is 9.39. The van der Waals surface area contributed by atoms with E-state index in [2.05, 4.69) is 30.4 Å². The van der Waals surface area contributed by atoms with E-state index in [1.165, 1.54) is 11.6 Å². The van der Waals surface area contributed by atoms with Crippen molar-refractivity contribution in [1.29, 1.82) is 0 Å². The Morgan fingerprint density at radius 3 is 2.47 bits per heavy atom. The van der Waals surface area contributed by atoms with Gasteiger partial charge in [0.15, 0.2) is 17.3 Å². The van der Waals surface area contributed by atoms with Crippen LogP contribution >= 0.6 is 0 Å². The number of nitrogens with zero attached hydrogens (tertiary/aromatic N) is 9. The van der Waals surface area contributed by atoms with Crippen LogP contribution in [-0.2, 0) is 28.2 Å². The number of nitrogens with one attached hydrogen (secondary N) is 1. The lowest BCUT2D eigenvalue weighted by Crippen LogP contribution is -2.25. The first-order valence-corrected chi connectivity index (χ1v) is 17.0. The van der Waals surface area contributed by atoms with E-state index in [4.69, 9.17) is 9.72 Å². The Balaban J connectivity index is 1.54. The lowest BCUT2D eigenvalue weighted by molar-refractivity contribution is -0.0363. The number of benzene rings is 1. The Morgan fingerprint density at radius 2 is 1.83 bits per heavy atom. The molecule has 1 aliphatic rings. The van der Waals surface area contributed by atoms with Crippen molar-refractivity contribution in [2.75, 3.05) is 29.5 Å². The molecule has 1 atom stereocenters. The molecule has 5 heterocycles. The third kappa shape index (κ3) is 6.52. The molecule has 0 saturated carbocycles. The zero-order chi connectivity index (χ0) is 33.6. The van der Waals surface area contributed by atoms with Crippen molar-refractivity contribution < 1.29 is 21.9 Å². The maximum absolute atomic E-state index is 14.6. The molecule has 0 bridgehead atoms. The topological polar surface area (TPSA) is 146 Å². The van der Waals surface area contributed by atoms with E-state index >= 15 is 0 Å². The molecular formula is C31H36F2N10O3S. The third-order valence-electron chi connectivity index (χ3n) is 8.20. The number of halogens is 2. The van der Waals surface area contributed by atoms with E-state index in [-0.39, 0.29) is 17.6 Å². The molecule has 4 aromatic heterocycles. The average Bonchev–Trinajstić information content (AvgIpc) is 3.58. The van der Waals surface area contributed by atoms with Crippen LogP contribution in [0, 0.1) is 20.8 Å². The molecule has 1 aromatic carbocycles. The molecule has 16 heteroatoms. The molecule has 47 heavy (non-hydrogen) atoms. The van der Waals surface area contributed by atoms with Crippen LogP contribution in [0.15, 0.2) is 30.5 Å². The zero-order valence-corrected chi connectivity index (χ0v) is 27.8. The lowest BCUT2D eigenvalue weighted by atomic mass is 10.1. The maximum atomic E-state index is 14.6. The average molecular weight is 667 g/mol. The Morgan fingerprint density at radius 1 is 1.04 bits per heavy atom. The van der Waals surface area contributed by atoms with Crippen molar-refractivity contribution in [2.45, 2.75) is 59.1 Å². The number of rotatable bonds is 9. The number of fused-ring (bicyclic) bond motifs is 1. The van der Waals surface area contributed by atoms with Gasteiger partial charge in [-0.15, -0.1) is 0 Å². The number of sulfonamides is 1. The molecule has 1 aliphatic heterocycles. The van der Waals surface area contributed by atoms with Crippen LogP contribution in [0.25, 0.3) is 22.6 Å². The van der Waals surface area contributed by atoms with Crippen molar-refractivity contribution in [3.05, 3.63) is 64.9 Å². The molecule has 6 rings (SSSR count). The molecule has 1 fully saturated rings. The largest absolute Gasteiger partial charge is 0.358 e. The van der Waals surface area contributed by atoms with Gasteiger partial charge in [0.05, 0.1) is 46.1 Å². The molecule has 1 N–H and O–H groups in total. The fourth-order valence-electron chi connectivity index (χ4n) is 5.67. The van der Waals surface area contributed by atoms with Gasteiger partial charge in [0, 0.05) is 38.9 Å². The van der Waals surface area contributed by atoms with Gasteiger partial charge in [-0.25, -0.2) is 36.8 Å². The number of hydrogen-bond acceptors (Lipinski definition) is 10. The first-order chi connectivity index (χ1) is 22.3. The summed E-state index contributed by atoms with van der Waals surface area (Å²) in [5, 5.41) is 7.62. The van der Waals surface area contributed by atoms with Crippen LogP contribution in [0.4, 0.5) is 25.8 Å². The fraction of sp³-hybridized carbons (Fsp3) is 0.419. The van der Waals surface area contributed by atoms with Gasteiger partial charge < -0.3 is 10.1 Å². The first kappa shape index (κ1) is 32.4. The number of ether oxygens (including phenoxy) is 1. The molecule has 0 amide bonds. The first-order valence-electron chi connectivity index (χ1n) is 15.1. The second-order valence-corrected chi connectivity index (χ2v) is 13.7. The van der Waals surface area contributed by atoms with E-state index in [1.807, 2.05) is 13.8 Å². The van der Waals surface area contributed by atoms with Gasteiger partial charge in [-0.2, -0.15) is 5.10 Å². The number of hydrogen-bond donors (Lipinski definition) is 1. The maximum Gasteiger partial charge on any atom is 0.295 e. The predicted octanol–water partition coefficient (Wildman–Crippen LogP) is 5.31. The highest BCUT2D eigenvalue weighted by atomic mass is 32.2. The Labute approximate surface area is 271 Å². The van der Waals surface area contributed by atoms with Gasteiger partial charge in [-0.1, -0.05) is 0 Å². The van der Waals surface area contributed by atoms with Gasteiger partial charge in [0.1, 0.15) is 17.6 Å². The summed E-state index contributed by atoms with van der Waals surface area (Å²) in [7, 11) is -0.519. The summed E-state index contributed by atoms with van der Waals surface area (Å²) in [6.45, 7) is 5.94. The predicted molar refractivity (Wildman–Crippen MR) is 173 cm³/mol. The summed E-state index contributed by atoms with van der Waals surface area (Å²) in [6.07, 6.45) is 1.67. The molecule has 1 saturated heterocycles. The Kier molecular flexibility index (Phi) is 8.65. The number of alkyl halides is 2. The van der Waals surface area contributed by atoms with Crippen molar-refractivity contribution in [3.8, 4) is 11.4 Å². The highest BCUT2D eigenvalue weighted by Crippen LogP contribution is 2.38. The summed E-state index contributed by atoms with van der Waals surface area (Å²) in [5.41, 5.74) is 4.89. The van der Waals surface area contributed by atoms with E-state index in [9.17, 15) is 17.2 Å². The van der Waals surface area contributed by atoms with Crippen LogP contribution in [0.1, 0.15) is 66.3 Å². The minimum absolute atomic E-state index is 0.199. The van der Waals surface area contributed by atoms with Crippen molar-refractivity contribution in [2.24, 2.45) is 7.05 Å². The van der Waals surface area contributed by atoms with E-state index in [0.717, 1.165) is 34.8 Å².